The predicted molar refractivity (Wildman–Crippen MR) is 84.8 cm³/mol. The molecule has 2 rings (SSSR count). The van der Waals surface area contributed by atoms with Crippen molar-refractivity contribution in [1.29, 1.82) is 0 Å². The monoisotopic (exact) mass is 311 g/mol. The van der Waals surface area contributed by atoms with Gasteiger partial charge in [0.25, 0.3) is 0 Å². The van der Waals surface area contributed by atoms with Gasteiger partial charge in [0.1, 0.15) is 5.75 Å². The molecule has 0 heterocycles. The number of nitrogens with one attached hydrogen (secondary N) is 1. The van der Waals surface area contributed by atoms with E-state index < -0.39 is 0 Å². The largest absolute Gasteiger partial charge is 0.495 e. The number of halogens is 1. The molecule has 0 spiro atoms. The van der Waals surface area contributed by atoms with E-state index in [-0.39, 0.29) is 11.9 Å². The predicted octanol–water partition coefficient (Wildman–Crippen LogP) is 1.96. The van der Waals surface area contributed by atoms with E-state index in [1.807, 2.05) is 11.9 Å². The van der Waals surface area contributed by atoms with Gasteiger partial charge in [-0.3, -0.25) is 9.69 Å². The highest BCUT2D eigenvalue weighted by Gasteiger charge is 2.33. The minimum Gasteiger partial charge on any atom is -0.495 e. The van der Waals surface area contributed by atoms with Gasteiger partial charge in [-0.1, -0.05) is 11.6 Å². The molecule has 1 aliphatic rings. The third-order valence-corrected chi connectivity index (χ3v) is 4.10. The highest BCUT2D eigenvalue weighted by Crippen LogP contribution is 2.34. The summed E-state index contributed by atoms with van der Waals surface area (Å²) >= 11 is 6.04. The molecule has 1 aromatic rings. The molecular formula is C15H22ClN3O2. The molecule has 1 unspecified atom stereocenters. The van der Waals surface area contributed by atoms with Crippen LogP contribution in [0.4, 0.5) is 5.69 Å². The molecule has 1 atom stereocenters. The standard InChI is InChI=1S/C15H22ClN3O2/c1-19(13(8-17)10-3-4-10)9-15(20)18-11-5-6-14(21-2)12(16)7-11/h5-7,10,13H,3-4,8-9,17H2,1-2H3,(H,18,20). The Kier molecular flexibility index (Phi) is 5.45. The second kappa shape index (κ2) is 7.11. The summed E-state index contributed by atoms with van der Waals surface area (Å²) in [4.78, 5) is 14.1. The number of benzene rings is 1. The maximum Gasteiger partial charge on any atom is 0.238 e. The van der Waals surface area contributed by atoms with Crippen molar-refractivity contribution in [3.05, 3.63) is 23.2 Å². The summed E-state index contributed by atoms with van der Waals surface area (Å²) in [6.45, 7) is 0.908. The zero-order valence-electron chi connectivity index (χ0n) is 12.4. The van der Waals surface area contributed by atoms with E-state index in [0.29, 0.717) is 35.5 Å². The second-order valence-corrected chi connectivity index (χ2v) is 5.86. The first-order chi connectivity index (χ1) is 10.0. The number of nitrogens with zero attached hydrogens (tertiary/aromatic N) is 1. The lowest BCUT2D eigenvalue weighted by atomic mass is 10.1. The topological polar surface area (TPSA) is 67.6 Å². The van der Waals surface area contributed by atoms with Gasteiger partial charge in [-0.2, -0.15) is 0 Å². The minimum absolute atomic E-state index is 0.0715. The van der Waals surface area contributed by atoms with E-state index >= 15 is 0 Å². The molecular weight excluding hydrogens is 290 g/mol. The van der Waals surface area contributed by atoms with Gasteiger partial charge in [-0.25, -0.2) is 0 Å². The number of hydrogen-bond acceptors (Lipinski definition) is 4. The summed E-state index contributed by atoms with van der Waals surface area (Å²) in [6.07, 6.45) is 2.42. The van der Waals surface area contributed by atoms with Crippen LogP contribution in [0.2, 0.25) is 5.02 Å². The summed E-state index contributed by atoms with van der Waals surface area (Å²) in [5.74, 6) is 1.16. The van der Waals surface area contributed by atoms with Crippen molar-refractivity contribution >= 4 is 23.2 Å². The molecule has 0 aliphatic heterocycles. The van der Waals surface area contributed by atoms with E-state index in [9.17, 15) is 4.79 Å². The van der Waals surface area contributed by atoms with Gasteiger partial charge in [0, 0.05) is 18.3 Å². The van der Waals surface area contributed by atoms with Crippen molar-refractivity contribution < 1.29 is 9.53 Å². The average Bonchev–Trinajstić information content (AvgIpc) is 3.24. The zero-order valence-corrected chi connectivity index (χ0v) is 13.2. The Morgan fingerprint density at radius 3 is 2.81 bits per heavy atom. The summed E-state index contributed by atoms with van der Waals surface area (Å²) in [6, 6.07) is 5.47. The molecule has 0 aromatic heterocycles. The summed E-state index contributed by atoms with van der Waals surface area (Å²) in [5, 5.41) is 3.32. The van der Waals surface area contributed by atoms with Crippen LogP contribution >= 0.6 is 11.6 Å². The first kappa shape index (κ1) is 16.1. The van der Waals surface area contributed by atoms with Gasteiger partial charge in [0.2, 0.25) is 5.91 Å². The number of nitrogens with two attached hydrogens (primary N) is 1. The van der Waals surface area contributed by atoms with Crippen molar-refractivity contribution in [1.82, 2.24) is 4.90 Å². The molecule has 0 saturated heterocycles. The smallest absolute Gasteiger partial charge is 0.238 e. The van der Waals surface area contributed by atoms with Crippen molar-refractivity contribution in [2.45, 2.75) is 18.9 Å². The number of amides is 1. The number of methoxy groups -OCH3 is 1. The van der Waals surface area contributed by atoms with E-state index in [0.717, 1.165) is 0 Å². The van der Waals surface area contributed by atoms with Crippen LogP contribution in [-0.2, 0) is 4.79 Å². The molecule has 1 saturated carbocycles. The van der Waals surface area contributed by atoms with Crippen LogP contribution in [0.15, 0.2) is 18.2 Å². The molecule has 1 aromatic carbocycles. The number of carbonyl (C=O) groups excluding carboxylic acids is 1. The summed E-state index contributed by atoms with van der Waals surface area (Å²) < 4.78 is 5.08. The molecule has 0 radical (unpaired) electrons. The van der Waals surface area contributed by atoms with E-state index in [1.54, 1.807) is 25.3 Å². The maximum absolute atomic E-state index is 12.1. The second-order valence-electron chi connectivity index (χ2n) is 5.45. The fourth-order valence-corrected chi connectivity index (χ4v) is 2.76. The maximum atomic E-state index is 12.1. The SMILES string of the molecule is COc1ccc(NC(=O)CN(C)C(CN)C2CC2)cc1Cl. The highest BCUT2D eigenvalue weighted by atomic mass is 35.5. The van der Waals surface area contributed by atoms with Gasteiger partial charge in [0.05, 0.1) is 18.7 Å². The number of rotatable bonds is 7. The fraction of sp³-hybridized carbons (Fsp3) is 0.533. The Labute approximate surface area is 130 Å². The van der Waals surface area contributed by atoms with Gasteiger partial charge in [-0.15, -0.1) is 0 Å². The van der Waals surface area contributed by atoms with Gasteiger partial charge in [-0.05, 0) is 44.0 Å². The summed E-state index contributed by atoms with van der Waals surface area (Å²) in [7, 11) is 3.50. The van der Waals surface area contributed by atoms with Crippen LogP contribution < -0.4 is 15.8 Å². The van der Waals surface area contributed by atoms with E-state index in [4.69, 9.17) is 22.1 Å². The van der Waals surface area contributed by atoms with Crippen LogP contribution in [0.5, 0.6) is 5.75 Å². The van der Waals surface area contributed by atoms with Crippen LogP contribution in [0.1, 0.15) is 12.8 Å². The van der Waals surface area contributed by atoms with Gasteiger partial charge < -0.3 is 15.8 Å². The first-order valence-corrected chi connectivity index (χ1v) is 7.46. The van der Waals surface area contributed by atoms with Crippen LogP contribution in [-0.4, -0.2) is 44.1 Å². The Bertz CT molecular complexity index is 506. The Hall–Kier alpha value is -1.30. The molecule has 116 valence electrons. The lowest BCUT2D eigenvalue weighted by molar-refractivity contribution is -0.117. The quantitative estimate of drug-likeness (QED) is 0.808. The third kappa shape index (κ3) is 4.33. The molecule has 1 aliphatic carbocycles. The zero-order chi connectivity index (χ0) is 15.4. The molecule has 1 amide bonds. The number of carbonyl (C=O) groups is 1. The Morgan fingerprint density at radius 2 is 2.29 bits per heavy atom. The van der Waals surface area contributed by atoms with Crippen molar-refractivity contribution in [2.75, 3.05) is 32.6 Å². The number of anilines is 1. The lowest BCUT2D eigenvalue weighted by Crippen LogP contribution is -2.43. The summed E-state index contributed by atoms with van der Waals surface area (Å²) in [5.41, 5.74) is 6.45. The number of likely N-dealkylation sites (N-methyl/N-ethyl adjacent to an activating group) is 1. The number of hydrogen-bond donors (Lipinski definition) is 2. The molecule has 6 heteroatoms. The average molecular weight is 312 g/mol. The Morgan fingerprint density at radius 1 is 1.57 bits per heavy atom. The van der Waals surface area contributed by atoms with Gasteiger partial charge >= 0.3 is 0 Å². The van der Waals surface area contributed by atoms with Crippen molar-refractivity contribution in [3.63, 3.8) is 0 Å². The fourth-order valence-electron chi connectivity index (χ4n) is 2.50. The van der Waals surface area contributed by atoms with Crippen molar-refractivity contribution in [2.24, 2.45) is 11.7 Å². The Balaban J connectivity index is 1.90. The molecule has 1 fully saturated rings. The lowest BCUT2D eigenvalue weighted by Gasteiger charge is -2.26. The number of ether oxygens (including phenoxy) is 1. The van der Waals surface area contributed by atoms with Crippen LogP contribution in [0, 0.1) is 5.92 Å². The van der Waals surface area contributed by atoms with Gasteiger partial charge in [0.15, 0.2) is 0 Å². The highest BCUT2D eigenvalue weighted by molar-refractivity contribution is 6.32. The van der Waals surface area contributed by atoms with E-state index in [1.165, 1.54) is 12.8 Å². The van der Waals surface area contributed by atoms with Crippen LogP contribution in [0.25, 0.3) is 0 Å². The molecule has 5 nitrogen and oxygen atoms in total. The van der Waals surface area contributed by atoms with Crippen molar-refractivity contribution in [3.8, 4) is 5.75 Å². The first-order valence-electron chi connectivity index (χ1n) is 7.09. The van der Waals surface area contributed by atoms with E-state index in [2.05, 4.69) is 5.32 Å². The van der Waals surface area contributed by atoms with Crippen LogP contribution in [0.3, 0.4) is 0 Å². The third-order valence-electron chi connectivity index (χ3n) is 3.80. The molecule has 3 N–H and O–H groups in total. The molecule has 0 bridgehead atoms. The molecule has 21 heavy (non-hydrogen) atoms. The normalized spacial score (nSPS) is 15.9. The minimum atomic E-state index is -0.0715.